The second-order valence-corrected chi connectivity index (χ2v) is 7.30. The van der Waals surface area contributed by atoms with E-state index in [4.69, 9.17) is 4.98 Å². The Kier molecular flexibility index (Phi) is 4.41. The largest absolute Gasteiger partial charge is 0.633 e. The molecule has 0 fully saturated rings. The quantitative estimate of drug-likeness (QED) is 0.399. The average Bonchev–Trinajstić information content (AvgIpc) is 2.99. The molecule has 0 saturated heterocycles. The summed E-state index contributed by atoms with van der Waals surface area (Å²) in [7, 11) is 3.21. The molecule has 4 rings (SSSR count). The summed E-state index contributed by atoms with van der Waals surface area (Å²) in [6.45, 7) is 2.17. The van der Waals surface area contributed by atoms with Crippen molar-refractivity contribution in [3.05, 3.63) is 77.3 Å². The number of hydrogen-bond donors (Lipinski definition) is 0. The molecule has 6 nitrogen and oxygen atoms in total. The number of imidazole rings is 1. The molecule has 1 aromatic carbocycles. The van der Waals surface area contributed by atoms with E-state index < -0.39 is 4.65 Å². The molecule has 0 amide bonds. The van der Waals surface area contributed by atoms with Gasteiger partial charge in [0.2, 0.25) is 0 Å². The summed E-state index contributed by atoms with van der Waals surface area (Å²) >= 11 is 0. The number of benzene rings is 1. The van der Waals surface area contributed by atoms with Crippen molar-refractivity contribution >= 4 is 5.65 Å². The van der Waals surface area contributed by atoms with Crippen molar-refractivity contribution in [1.82, 2.24) is 19.4 Å². The second kappa shape index (κ2) is 6.78. The van der Waals surface area contributed by atoms with Gasteiger partial charge in [-0.3, -0.25) is 4.40 Å². The summed E-state index contributed by atoms with van der Waals surface area (Å²) in [6.07, 6.45) is 3.60. The van der Waals surface area contributed by atoms with Crippen LogP contribution >= 0.6 is 0 Å². The van der Waals surface area contributed by atoms with E-state index in [9.17, 15) is 9.60 Å². The average molecular weight is 377 g/mol. The van der Waals surface area contributed by atoms with E-state index in [2.05, 4.69) is 9.97 Å². The van der Waals surface area contributed by atoms with Crippen LogP contribution in [0.15, 0.2) is 54.9 Å². The van der Waals surface area contributed by atoms with Crippen molar-refractivity contribution in [2.45, 2.75) is 13.5 Å². The van der Waals surface area contributed by atoms with Gasteiger partial charge in [-0.05, 0) is 49.4 Å². The van der Waals surface area contributed by atoms with E-state index in [0.717, 1.165) is 22.5 Å². The predicted octanol–water partition coefficient (Wildman–Crippen LogP) is 3.98. The van der Waals surface area contributed by atoms with Crippen molar-refractivity contribution in [3.8, 4) is 22.6 Å². The van der Waals surface area contributed by atoms with Gasteiger partial charge in [0.1, 0.15) is 23.8 Å². The Labute approximate surface area is 162 Å². The maximum absolute atomic E-state index is 13.4. The lowest BCUT2D eigenvalue weighted by atomic mass is 10.1. The summed E-state index contributed by atoms with van der Waals surface area (Å²) in [6, 6.07) is 11.9. The van der Waals surface area contributed by atoms with Gasteiger partial charge in [0.05, 0.1) is 31.2 Å². The Morgan fingerprint density at radius 1 is 1.07 bits per heavy atom. The van der Waals surface area contributed by atoms with E-state index in [1.165, 1.54) is 12.1 Å². The van der Waals surface area contributed by atoms with Gasteiger partial charge in [0.15, 0.2) is 0 Å². The Hall–Kier alpha value is -3.16. The van der Waals surface area contributed by atoms with E-state index in [-0.39, 0.29) is 5.82 Å². The number of quaternary nitrogens is 1. The van der Waals surface area contributed by atoms with Crippen LogP contribution in [0.2, 0.25) is 0 Å². The summed E-state index contributed by atoms with van der Waals surface area (Å²) < 4.78 is 14.9. The van der Waals surface area contributed by atoms with E-state index >= 15 is 0 Å². The van der Waals surface area contributed by atoms with Crippen molar-refractivity contribution in [2.24, 2.45) is 0 Å². The fourth-order valence-electron chi connectivity index (χ4n) is 3.27. The molecule has 0 aliphatic rings. The maximum atomic E-state index is 13.4. The Bertz CT molecular complexity index is 1150. The van der Waals surface area contributed by atoms with Gasteiger partial charge < -0.3 is 9.85 Å². The molecule has 0 bridgehead atoms. The van der Waals surface area contributed by atoms with E-state index in [0.29, 0.717) is 23.7 Å². The highest BCUT2D eigenvalue weighted by atomic mass is 19.1. The zero-order chi connectivity index (χ0) is 19.9. The highest BCUT2D eigenvalue weighted by Gasteiger charge is 2.18. The number of nitrogens with zero attached hydrogens (tertiary/aromatic N) is 5. The van der Waals surface area contributed by atoms with Gasteiger partial charge in [0.25, 0.3) is 0 Å². The molecule has 0 aliphatic heterocycles. The summed E-state index contributed by atoms with van der Waals surface area (Å²) in [5, 5.41) is 12.1. The molecule has 3 aromatic heterocycles. The Balaban J connectivity index is 1.95. The monoisotopic (exact) mass is 377 g/mol. The Morgan fingerprint density at radius 3 is 2.50 bits per heavy atom. The fourth-order valence-corrected chi connectivity index (χ4v) is 3.27. The van der Waals surface area contributed by atoms with E-state index in [1.807, 2.05) is 35.7 Å². The number of fused-ring (bicyclic) bond motifs is 1. The topological polar surface area (TPSA) is 66.1 Å². The first kappa shape index (κ1) is 18.2. The predicted molar refractivity (Wildman–Crippen MR) is 106 cm³/mol. The van der Waals surface area contributed by atoms with Crippen molar-refractivity contribution in [3.63, 3.8) is 0 Å². The van der Waals surface area contributed by atoms with Gasteiger partial charge in [-0.1, -0.05) is 0 Å². The molecule has 0 unspecified atom stereocenters. The van der Waals surface area contributed by atoms with Gasteiger partial charge in [-0.25, -0.2) is 19.3 Å². The van der Waals surface area contributed by atoms with Crippen LogP contribution in [0.4, 0.5) is 4.39 Å². The number of aromatic nitrogens is 4. The van der Waals surface area contributed by atoms with Gasteiger partial charge in [-0.2, -0.15) is 0 Å². The molecule has 0 N–H and O–H groups in total. The summed E-state index contributed by atoms with van der Waals surface area (Å²) in [5.74, 6) is 0.351. The standard InChI is InChI=1S/C21H20FN5O/c1-14-23-10-8-18(24-14)21-20(16-4-6-17(22)7-5-16)25-19-12-15(9-11-26(19)21)13-27(2,3)28/h4-12H,13H2,1-3H3. The minimum Gasteiger partial charge on any atom is -0.633 e. The highest BCUT2D eigenvalue weighted by Crippen LogP contribution is 2.32. The molecule has 0 spiro atoms. The van der Waals surface area contributed by atoms with E-state index in [1.54, 1.807) is 32.4 Å². The first-order valence-electron chi connectivity index (χ1n) is 8.91. The van der Waals surface area contributed by atoms with Crippen molar-refractivity contribution < 1.29 is 9.04 Å². The van der Waals surface area contributed by atoms with Gasteiger partial charge in [-0.15, -0.1) is 0 Å². The Morgan fingerprint density at radius 2 is 1.82 bits per heavy atom. The molecule has 3 heterocycles. The van der Waals surface area contributed by atoms with Crippen LogP contribution in [0.3, 0.4) is 0 Å². The fraction of sp³-hybridized carbons (Fsp3) is 0.190. The molecule has 0 saturated carbocycles. The van der Waals surface area contributed by atoms with Crippen LogP contribution in [0.25, 0.3) is 28.3 Å². The molecular weight excluding hydrogens is 357 g/mol. The minimum atomic E-state index is -0.417. The smallest absolute Gasteiger partial charge is 0.138 e. The molecule has 142 valence electrons. The lowest BCUT2D eigenvalue weighted by Gasteiger charge is -2.33. The molecule has 0 atom stereocenters. The van der Waals surface area contributed by atoms with Crippen LogP contribution in [0.1, 0.15) is 11.4 Å². The molecule has 0 aliphatic carbocycles. The number of aryl methyl sites for hydroxylation is 1. The van der Waals surface area contributed by atoms with Crippen LogP contribution in [0, 0.1) is 17.9 Å². The lowest BCUT2D eigenvalue weighted by Crippen LogP contribution is -2.31. The summed E-state index contributed by atoms with van der Waals surface area (Å²) in [4.78, 5) is 13.5. The van der Waals surface area contributed by atoms with Crippen LogP contribution in [-0.2, 0) is 6.54 Å². The first-order chi connectivity index (χ1) is 13.3. The highest BCUT2D eigenvalue weighted by molar-refractivity contribution is 5.80. The number of hydrogen-bond acceptors (Lipinski definition) is 4. The maximum Gasteiger partial charge on any atom is 0.138 e. The molecule has 4 aromatic rings. The zero-order valence-electron chi connectivity index (χ0n) is 15.9. The second-order valence-electron chi connectivity index (χ2n) is 7.30. The minimum absolute atomic E-state index is 0.301. The van der Waals surface area contributed by atoms with Gasteiger partial charge >= 0.3 is 0 Å². The summed E-state index contributed by atoms with van der Waals surface area (Å²) in [5.41, 5.74) is 4.62. The number of pyridine rings is 1. The van der Waals surface area contributed by atoms with Crippen LogP contribution in [0.5, 0.6) is 0 Å². The van der Waals surface area contributed by atoms with Crippen LogP contribution < -0.4 is 0 Å². The number of rotatable bonds is 4. The molecule has 0 radical (unpaired) electrons. The van der Waals surface area contributed by atoms with Crippen molar-refractivity contribution in [2.75, 3.05) is 14.1 Å². The molecular formula is C21H20FN5O. The number of hydroxylamine groups is 3. The normalized spacial score (nSPS) is 11.9. The third kappa shape index (κ3) is 3.62. The van der Waals surface area contributed by atoms with Crippen LogP contribution in [-0.4, -0.2) is 38.1 Å². The van der Waals surface area contributed by atoms with Gasteiger partial charge in [0, 0.05) is 23.5 Å². The zero-order valence-corrected chi connectivity index (χ0v) is 15.9. The SMILES string of the molecule is Cc1nccc(-c2c(-c3ccc(F)cc3)nc3cc(C[N+](C)(C)[O-])ccn23)n1. The third-order valence-corrected chi connectivity index (χ3v) is 4.39. The number of halogens is 1. The third-order valence-electron chi connectivity index (χ3n) is 4.39. The molecule has 7 heteroatoms. The first-order valence-corrected chi connectivity index (χ1v) is 8.91. The molecule has 28 heavy (non-hydrogen) atoms. The van der Waals surface area contributed by atoms with Crippen molar-refractivity contribution in [1.29, 1.82) is 0 Å². The lowest BCUT2D eigenvalue weighted by molar-refractivity contribution is -0.853.